The van der Waals surface area contributed by atoms with Crippen molar-refractivity contribution in [3.63, 3.8) is 0 Å². The molecule has 1 aromatic heterocycles. The summed E-state index contributed by atoms with van der Waals surface area (Å²) < 4.78 is 5.28. The van der Waals surface area contributed by atoms with Gasteiger partial charge in [0.15, 0.2) is 0 Å². The molecule has 0 N–H and O–H groups in total. The van der Waals surface area contributed by atoms with Crippen molar-refractivity contribution in [2.45, 2.75) is 62.5 Å². The summed E-state index contributed by atoms with van der Waals surface area (Å²) in [5.74, 6) is 0.958. The highest BCUT2D eigenvalue weighted by Crippen LogP contribution is 2.31. The second-order valence-electron chi connectivity index (χ2n) is 4.33. The van der Waals surface area contributed by atoms with Crippen molar-refractivity contribution in [2.24, 2.45) is 0 Å². The lowest BCUT2D eigenvalue weighted by Gasteiger charge is -2.12. The number of furan rings is 1. The van der Waals surface area contributed by atoms with Gasteiger partial charge in [-0.2, -0.15) is 0 Å². The van der Waals surface area contributed by atoms with Crippen molar-refractivity contribution < 1.29 is 9.21 Å². The Morgan fingerprint density at radius 1 is 1.41 bits per heavy atom. The van der Waals surface area contributed by atoms with E-state index in [1.54, 1.807) is 18.0 Å². The number of aldehydes is 1. The molecule has 0 fully saturated rings. The molecule has 1 heterocycles. The molecular weight excluding hydrogens is 232 g/mol. The Morgan fingerprint density at radius 2 is 2.24 bits per heavy atom. The lowest BCUT2D eigenvalue weighted by Crippen LogP contribution is -2.03. The van der Waals surface area contributed by atoms with Crippen LogP contribution >= 0.6 is 11.8 Å². The highest BCUT2D eigenvalue weighted by molar-refractivity contribution is 8.00. The van der Waals surface area contributed by atoms with E-state index >= 15 is 0 Å². The molecule has 1 unspecified atom stereocenters. The number of rotatable bonds is 9. The van der Waals surface area contributed by atoms with Gasteiger partial charge in [0.25, 0.3) is 0 Å². The van der Waals surface area contributed by atoms with Gasteiger partial charge in [0.05, 0.1) is 6.26 Å². The average Bonchev–Trinajstić information content (AvgIpc) is 2.71. The average molecular weight is 254 g/mol. The van der Waals surface area contributed by atoms with Crippen molar-refractivity contribution in [1.82, 2.24) is 0 Å². The Hall–Kier alpha value is -0.700. The van der Waals surface area contributed by atoms with Gasteiger partial charge in [-0.15, -0.1) is 11.8 Å². The normalized spacial score (nSPS) is 12.6. The molecular formula is C14H22O2S. The summed E-state index contributed by atoms with van der Waals surface area (Å²) in [7, 11) is 0. The molecule has 0 saturated carbocycles. The Morgan fingerprint density at radius 3 is 2.82 bits per heavy atom. The lowest BCUT2D eigenvalue weighted by molar-refractivity contribution is -0.107. The van der Waals surface area contributed by atoms with Crippen molar-refractivity contribution in [2.75, 3.05) is 0 Å². The summed E-state index contributed by atoms with van der Waals surface area (Å²) in [5.41, 5.74) is 0. The summed E-state index contributed by atoms with van der Waals surface area (Å²) >= 11 is 1.78. The third kappa shape index (κ3) is 5.44. The zero-order valence-corrected chi connectivity index (χ0v) is 11.6. The van der Waals surface area contributed by atoms with Gasteiger partial charge in [-0.25, -0.2) is 0 Å². The van der Waals surface area contributed by atoms with Crippen LogP contribution in [0.4, 0.5) is 0 Å². The molecule has 0 amide bonds. The van der Waals surface area contributed by atoms with E-state index in [1.807, 2.05) is 13.0 Å². The summed E-state index contributed by atoms with van der Waals surface area (Å²) in [5, 5.41) is 0.403. The van der Waals surface area contributed by atoms with Gasteiger partial charge in [0.1, 0.15) is 12.0 Å². The molecule has 3 heteroatoms. The van der Waals surface area contributed by atoms with Gasteiger partial charge in [0.2, 0.25) is 0 Å². The van der Waals surface area contributed by atoms with Crippen molar-refractivity contribution in [3.05, 3.63) is 18.1 Å². The summed E-state index contributed by atoms with van der Waals surface area (Å²) in [6, 6.07) is 1.99. The predicted molar refractivity (Wildman–Crippen MR) is 72.5 cm³/mol. The SMILES string of the molecule is CCCCCCC(CC=O)Sc1ccoc1C. The first-order chi connectivity index (χ1) is 8.27. The molecule has 1 atom stereocenters. The number of hydrogen-bond donors (Lipinski definition) is 0. The standard InChI is InChI=1S/C14H22O2S/c1-3-4-5-6-7-13(8-10-15)17-14-9-11-16-12(14)2/h9-11,13H,3-8H2,1-2H3. The number of aryl methyl sites for hydroxylation is 1. The smallest absolute Gasteiger partial charge is 0.121 e. The largest absolute Gasteiger partial charge is 0.468 e. The van der Waals surface area contributed by atoms with E-state index in [9.17, 15) is 4.79 Å². The molecule has 0 aliphatic heterocycles. The minimum Gasteiger partial charge on any atom is -0.468 e. The third-order valence-corrected chi connectivity index (χ3v) is 4.28. The van der Waals surface area contributed by atoms with Crippen LogP contribution in [0.25, 0.3) is 0 Å². The zero-order valence-electron chi connectivity index (χ0n) is 10.8. The van der Waals surface area contributed by atoms with Crippen LogP contribution in [0.2, 0.25) is 0 Å². The van der Waals surface area contributed by atoms with Crippen LogP contribution < -0.4 is 0 Å². The maximum atomic E-state index is 10.7. The quantitative estimate of drug-likeness (QED) is 0.366. The fraction of sp³-hybridized carbons (Fsp3) is 0.643. The van der Waals surface area contributed by atoms with Crippen molar-refractivity contribution in [1.29, 1.82) is 0 Å². The lowest BCUT2D eigenvalue weighted by atomic mass is 10.1. The van der Waals surface area contributed by atoms with Crippen LogP contribution in [0, 0.1) is 6.92 Å². The van der Waals surface area contributed by atoms with E-state index in [-0.39, 0.29) is 0 Å². The van der Waals surface area contributed by atoms with Crippen LogP contribution in [0.5, 0.6) is 0 Å². The Balaban J connectivity index is 2.37. The van der Waals surface area contributed by atoms with Crippen molar-refractivity contribution >= 4 is 18.0 Å². The maximum Gasteiger partial charge on any atom is 0.121 e. The molecule has 0 aliphatic carbocycles. The molecule has 0 aromatic carbocycles. The van der Waals surface area contributed by atoms with E-state index in [1.165, 1.54) is 30.6 Å². The third-order valence-electron chi connectivity index (χ3n) is 2.84. The molecule has 0 aliphatic rings. The minimum atomic E-state index is 0.403. The predicted octanol–water partition coefficient (Wildman–Crippen LogP) is 4.61. The second kappa shape index (κ2) is 8.40. The fourth-order valence-corrected chi connectivity index (χ4v) is 2.97. The molecule has 0 bridgehead atoms. The van der Waals surface area contributed by atoms with Gasteiger partial charge in [-0.05, 0) is 19.4 Å². The van der Waals surface area contributed by atoms with Crippen LogP contribution in [0.15, 0.2) is 21.6 Å². The number of unbranched alkanes of at least 4 members (excludes halogenated alkanes) is 3. The number of thioether (sulfide) groups is 1. The number of hydrogen-bond acceptors (Lipinski definition) is 3. The molecule has 96 valence electrons. The maximum absolute atomic E-state index is 10.7. The van der Waals surface area contributed by atoms with Crippen LogP contribution in [0.3, 0.4) is 0 Å². The first-order valence-corrected chi connectivity index (χ1v) is 7.30. The number of carbonyl (C=O) groups excluding carboxylic acids is 1. The molecule has 0 radical (unpaired) electrons. The second-order valence-corrected chi connectivity index (χ2v) is 5.67. The van der Waals surface area contributed by atoms with Gasteiger partial charge in [-0.1, -0.05) is 32.6 Å². The molecule has 17 heavy (non-hydrogen) atoms. The highest BCUT2D eigenvalue weighted by Gasteiger charge is 2.12. The molecule has 0 saturated heterocycles. The zero-order chi connectivity index (χ0) is 12.5. The number of carbonyl (C=O) groups is 1. The van der Waals surface area contributed by atoms with E-state index in [0.717, 1.165) is 18.5 Å². The topological polar surface area (TPSA) is 30.2 Å². The minimum absolute atomic E-state index is 0.403. The van der Waals surface area contributed by atoms with Gasteiger partial charge in [-0.3, -0.25) is 0 Å². The van der Waals surface area contributed by atoms with E-state index in [4.69, 9.17) is 4.42 Å². The van der Waals surface area contributed by atoms with Gasteiger partial charge in [0, 0.05) is 16.6 Å². The van der Waals surface area contributed by atoms with E-state index in [0.29, 0.717) is 11.7 Å². The Bertz CT molecular complexity index is 320. The molecule has 1 rings (SSSR count). The van der Waals surface area contributed by atoms with Crippen LogP contribution in [-0.4, -0.2) is 11.5 Å². The van der Waals surface area contributed by atoms with Crippen molar-refractivity contribution in [3.8, 4) is 0 Å². The summed E-state index contributed by atoms with van der Waals surface area (Å²) in [4.78, 5) is 11.9. The van der Waals surface area contributed by atoms with Crippen LogP contribution in [-0.2, 0) is 4.79 Å². The highest BCUT2D eigenvalue weighted by atomic mass is 32.2. The van der Waals surface area contributed by atoms with E-state index in [2.05, 4.69) is 6.92 Å². The Labute approximate surface area is 108 Å². The first-order valence-electron chi connectivity index (χ1n) is 6.42. The monoisotopic (exact) mass is 254 g/mol. The fourth-order valence-electron chi connectivity index (χ4n) is 1.81. The summed E-state index contributed by atoms with van der Waals surface area (Å²) in [6.45, 7) is 4.18. The summed E-state index contributed by atoms with van der Waals surface area (Å²) in [6.07, 6.45) is 9.55. The molecule has 0 spiro atoms. The molecule has 2 nitrogen and oxygen atoms in total. The van der Waals surface area contributed by atoms with Crippen LogP contribution in [0.1, 0.15) is 51.2 Å². The first kappa shape index (κ1) is 14.4. The van der Waals surface area contributed by atoms with Gasteiger partial charge < -0.3 is 9.21 Å². The van der Waals surface area contributed by atoms with E-state index < -0.39 is 0 Å². The molecule has 1 aromatic rings. The van der Waals surface area contributed by atoms with Gasteiger partial charge >= 0.3 is 0 Å². The Kier molecular flexibility index (Phi) is 7.10.